The molecule has 0 radical (unpaired) electrons. The zero-order chi connectivity index (χ0) is 8.97. The molecule has 0 aliphatic carbocycles. The largest absolute Gasteiger partial charge is 0.389 e. The van der Waals surface area contributed by atoms with Gasteiger partial charge in [-0.05, 0) is 6.92 Å². The Kier molecular flexibility index (Phi) is 3.91. The van der Waals surface area contributed by atoms with E-state index < -0.39 is 12.8 Å². The molecule has 2 atom stereocenters. The van der Waals surface area contributed by atoms with Crippen LogP contribution in [0.2, 0.25) is 0 Å². The van der Waals surface area contributed by atoms with Gasteiger partial charge in [0.1, 0.15) is 6.67 Å². The van der Waals surface area contributed by atoms with Crippen molar-refractivity contribution in [3.63, 3.8) is 0 Å². The first-order chi connectivity index (χ1) is 5.72. The van der Waals surface area contributed by atoms with Gasteiger partial charge >= 0.3 is 0 Å². The molecule has 0 amide bonds. The van der Waals surface area contributed by atoms with Crippen LogP contribution in [-0.2, 0) is 4.74 Å². The second-order valence-electron chi connectivity index (χ2n) is 3.25. The van der Waals surface area contributed by atoms with Crippen LogP contribution in [0.4, 0.5) is 4.39 Å². The van der Waals surface area contributed by atoms with Crippen molar-refractivity contribution in [3.05, 3.63) is 0 Å². The molecule has 72 valence electrons. The van der Waals surface area contributed by atoms with Crippen molar-refractivity contribution < 1.29 is 14.2 Å². The Balaban J connectivity index is 2.22. The minimum absolute atomic E-state index is 0.200. The molecule has 1 rings (SSSR count). The molecule has 0 spiro atoms. The first kappa shape index (κ1) is 9.89. The Hall–Kier alpha value is -0.190. The van der Waals surface area contributed by atoms with E-state index in [-0.39, 0.29) is 6.10 Å². The van der Waals surface area contributed by atoms with Gasteiger partial charge in [-0.1, -0.05) is 0 Å². The Morgan fingerprint density at radius 1 is 1.75 bits per heavy atom. The van der Waals surface area contributed by atoms with Gasteiger partial charge in [0.05, 0.1) is 18.8 Å². The molecule has 4 heteroatoms. The van der Waals surface area contributed by atoms with E-state index in [1.165, 1.54) is 0 Å². The molecule has 1 heterocycles. The molecule has 3 nitrogen and oxygen atoms in total. The first-order valence-electron chi connectivity index (χ1n) is 4.30. The molecule has 0 bridgehead atoms. The summed E-state index contributed by atoms with van der Waals surface area (Å²) in [7, 11) is 0. The van der Waals surface area contributed by atoms with Gasteiger partial charge in [0.15, 0.2) is 0 Å². The molecule has 1 saturated heterocycles. The number of nitrogens with zero attached hydrogens (tertiary/aromatic N) is 1. The molecule has 0 aromatic rings. The summed E-state index contributed by atoms with van der Waals surface area (Å²) in [6, 6.07) is 0. The van der Waals surface area contributed by atoms with E-state index in [2.05, 4.69) is 0 Å². The smallest absolute Gasteiger partial charge is 0.117 e. The quantitative estimate of drug-likeness (QED) is 0.660. The molecule has 12 heavy (non-hydrogen) atoms. The summed E-state index contributed by atoms with van der Waals surface area (Å²) in [5.74, 6) is 0. The fourth-order valence-electron chi connectivity index (χ4n) is 1.40. The number of morpholine rings is 1. The molecule has 1 N–H and O–H groups in total. The molecular formula is C8H16FNO2. The van der Waals surface area contributed by atoms with Crippen LogP contribution in [0.25, 0.3) is 0 Å². The summed E-state index contributed by atoms with van der Waals surface area (Å²) < 4.78 is 17.2. The van der Waals surface area contributed by atoms with Crippen molar-refractivity contribution in [1.29, 1.82) is 0 Å². The lowest BCUT2D eigenvalue weighted by atomic mass is 10.2. The van der Waals surface area contributed by atoms with E-state index in [4.69, 9.17) is 9.84 Å². The van der Waals surface area contributed by atoms with Crippen molar-refractivity contribution in [2.75, 3.05) is 32.9 Å². The molecule has 1 fully saturated rings. The fraction of sp³-hybridized carbons (Fsp3) is 1.00. The number of rotatable bonds is 3. The first-order valence-corrected chi connectivity index (χ1v) is 4.30. The average Bonchev–Trinajstić information content (AvgIpc) is 2.04. The Morgan fingerprint density at radius 2 is 2.50 bits per heavy atom. The standard InChI is InChI=1S/C8H16FNO2/c1-7-5-10(2-3-12-7)6-8(11)4-9/h7-8,11H,2-6H2,1H3. The maximum atomic E-state index is 11.9. The highest BCUT2D eigenvalue weighted by atomic mass is 19.1. The van der Waals surface area contributed by atoms with Crippen LogP contribution in [0.1, 0.15) is 6.92 Å². The lowest BCUT2D eigenvalue weighted by Gasteiger charge is -2.31. The van der Waals surface area contributed by atoms with Crippen molar-refractivity contribution in [2.45, 2.75) is 19.1 Å². The molecule has 0 aromatic carbocycles. The molecule has 1 aliphatic heterocycles. The predicted molar refractivity (Wildman–Crippen MR) is 43.8 cm³/mol. The van der Waals surface area contributed by atoms with Crippen LogP contribution in [-0.4, -0.2) is 55.1 Å². The van der Waals surface area contributed by atoms with Crippen molar-refractivity contribution in [1.82, 2.24) is 4.90 Å². The lowest BCUT2D eigenvalue weighted by molar-refractivity contribution is -0.0337. The summed E-state index contributed by atoms with van der Waals surface area (Å²) in [6.45, 7) is 4.00. The van der Waals surface area contributed by atoms with E-state index in [9.17, 15) is 4.39 Å². The number of β-amino-alcohol motifs (C(OH)–C–C–N with tert-alkyl or cyclic N) is 1. The molecule has 1 aliphatic rings. The van der Waals surface area contributed by atoms with E-state index >= 15 is 0 Å². The number of aliphatic hydroxyl groups excluding tert-OH is 1. The molecule has 0 aromatic heterocycles. The van der Waals surface area contributed by atoms with Crippen molar-refractivity contribution in [3.8, 4) is 0 Å². The third-order valence-corrected chi connectivity index (χ3v) is 1.97. The van der Waals surface area contributed by atoms with Gasteiger partial charge in [-0.2, -0.15) is 0 Å². The van der Waals surface area contributed by atoms with E-state index in [0.717, 1.165) is 13.1 Å². The highest BCUT2D eigenvalue weighted by Crippen LogP contribution is 2.04. The fourth-order valence-corrected chi connectivity index (χ4v) is 1.40. The zero-order valence-electron chi connectivity index (χ0n) is 7.37. The molecule has 0 saturated carbocycles. The highest BCUT2D eigenvalue weighted by molar-refractivity contribution is 4.70. The molecular weight excluding hydrogens is 161 g/mol. The summed E-state index contributed by atoms with van der Waals surface area (Å²) in [4.78, 5) is 2.03. The van der Waals surface area contributed by atoms with Gasteiger partial charge in [-0.3, -0.25) is 4.90 Å². The lowest BCUT2D eigenvalue weighted by Crippen LogP contribution is -2.44. The Morgan fingerprint density at radius 3 is 3.08 bits per heavy atom. The maximum absolute atomic E-state index is 11.9. The van der Waals surface area contributed by atoms with E-state index in [0.29, 0.717) is 13.2 Å². The second kappa shape index (κ2) is 4.74. The number of halogens is 1. The third-order valence-electron chi connectivity index (χ3n) is 1.97. The minimum Gasteiger partial charge on any atom is -0.389 e. The van der Waals surface area contributed by atoms with Gasteiger partial charge in [-0.25, -0.2) is 4.39 Å². The van der Waals surface area contributed by atoms with Gasteiger partial charge < -0.3 is 9.84 Å². The normalized spacial score (nSPS) is 28.8. The summed E-state index contributed by atoms with van der Waals surface area (Å²) in [6.07, 6.45) is -0.638. The van der Waals surface area contributed by atoms with Gasteiger partial charge in [-0.15, -0.1) is 0 Å². The number of ether oxygens (including phenoxy) is 1. The van der Waals surface area contributed by atoms with Crippen molar-refractivity contribution >= 4 is 0 Å². The summed E-state index contributed by atoms with van der Waals surface area (Å²) in [5, 5.41) is 9.04. The monoisotopic (exact) mass is 177 g/mol. The van der Waals surface area contributed by atoms with Crippen LogP contribution in [0.5, 0.6) is 0 Å². The average molecular weight is 177 g/mol. The van der Waals surface area contributed by atoms with Crippen LogP contribution in [0.15, 0.2) is 0 Å². The van der Waals surface area contributed by atoms with E-state index in [1.54, 1.807) is 0 Å². The van der Waals surface area contributed by atoms with Gasteiger partial charge in [0.2, 0.25) is 0 Å². The third kappa shape index (κ3) is 3.05. The topological polar surface area (TPSA) is 32.7 Å². The molecule has 2 unspecified atom stereocenters. The zero-order valence-corrected chi connectivity index (χ0v) is 7.37. The van der Waals surface area contributed by atoms with Crippen LogP contribution in [0.3, 0.4) is 0 Å². The second-order valence-corrected chi connectivity index (χ2v) is 3.25. The summed E-state index contributed by atoms with van der Waals surface area (Å²) in [5.41, 5.74) is 0. The SMILES string of the molecule is CC1CN(CC(O)CF)CCO1. The van der Waals surface area contributed by atoms with E-state index in [1.807, 2.05) is 11.8 Å². The highest BCUT2D eigenvalue weighted by Gasteiger charge is 2.18. The van der Waals surface area contributed by atoms with Crippen molar-refractivity contribution in [2.24, 2.45) is 0 Å². The number of hydrogen-bond acceptors (Lipinski definition) is 3. The minimum atomic E-state index is -0.838. The van der Waals surface area contributed by atoms with Gasteiger partial charge in [0, 0.05) is 19.6 Å². The van der Waals surface area contributed by atoms with Gasteiger partial charge in [0.25, 0.3) is 0 Å². The maximum Gasteiger partial charge on any atom is 0.117 e. The van der Waals surface area contributed by atoms with Crippen LogP contribution in [0, 0.1) is 0 Å². The Bertz CT molecular complexity index is 134. The Labute approximate surface area is 72.1 Å². The summed E-state index contributed by atoms with van der Waals surface area (Å²) >= 11 is 0. The number of alkyl halides is 1. The number of aliphatic hydroxyl groups is 1. The van der Waals surface area contributed by atoms with Crippen LogP contribution < -0.4 is 0 Å². The predicted octanol–water partition coefficient (Wildman–Crippen LogP) is 0.0375. The van der Waals surface area contributed by atoms with Crippen LogP contribution >= 0.6 is 0 Å². The number of hydrogen-bond donors (Lipinski definition) is 1.